The van der Waals surface area contributed by atoms with Crippen LogP contribution in [0.25, 0.3) is 0 Å². The summed E-state index contributed by atoms with van der Waals surface area (Å²) in [5.41, 5.74) is 6.22. The minimum Gasteiger partial charge on any atom is -0.330 e. The van der Waals surface area contributed by atoms with Crippen LogP contribution in [-0.4, -0.2) is 23.4 Å². The first-order valence-corrected chi connectivity index (χ1v) is 7.26. The topological polar surface area (TPSA) is 88.1 Å². The van der Waals surface area contributed by atoms with Crippen LogP contribution in [0.4, 0.5) is 5.69 Å². The number of nitrogens with two attached hydrogens (primary N) is 1. The van der Waals surface area contributed by atoms with E-state index >= 15 is 0 Å². The van der Waals surface area contributed by atoms with Gasteiger partial charge in [0.1, 0.15) is 0 Å². The molecule has 0 aliphatic carbocycles. The second kappa shape index (κ2) is 9.57. The molecule has 0 aliphatic rings. The third-order valence-corrected chi connectivity index (χ3v) is 2.89. The van der Waals surface area contributed by atoms with Crippen LogP contribution in [0.2, 0.25) is 0 Å². The van der Waals surface area contributed by atoms with Crippen molar-refractivity contribution in [1.82, 2.24) is 5.01 Å². The molecule has 0 aromatic heterocycles. The van der Waals surface area contributed by atoms with Crippen molar-refractivity contribution in [2.24, 2.45) is 16.1 Å². The minimum absolute atomic E-state index is 0.229. The van der Waals surface area contributed by atoms with Crippen molar-refractivity contribution in [3.05, 3.63) is 42.5 Å². The Balaban J connectivity index is 2.75. The summed E-state index contributed by atoms with van der Waals surface area (Å²) in [6.45, 7) is 5.69. The number of imide groups is 1. The molecule has 0 saturated heterocycles. The SMILES string of the molecule is C=C(C)C(=O)N(N=Nc1ccccc1)C(=O)CCCCCN. The fourth-order valence-electron chi connectivity index (χ4n) is 1.68. The van der Waals surface area contributed by atoms with E-state index in [1.54, 1.807) is 24.3 Å². The Hall–Kier alpha value is -2.34. The van der Waals surface area contributed by atoms with E-state index in [1.807, 2.05) is 6.07 Å². The zero-order chi connectivity index (χ0) is 16.4. The normalized spacial score (nSPS) is 10.6. The summed E-state index contributed by atoms with van der Waals surface area (Å²) in [6.07, 6.45) is 2.59. The number of rotatable bonds is 8. The van der Waals surface area contributed by atoms with E-state index in [2.05, 4.69) is 16.9 Å². The van der Waals surface area contributed by atoms with Gasteiger partial charge in [0.15, 0.2) is 0 Å². The summed E-state index contributed by atoms with van der Waals surface area (Å²) in [6, 6.07) is 8.91. The molecule has 22 heavy (non-hydrogen) atoms. The van der Waals surface area contributed by atoms with Gasteiger partial charge in [0.2, 0.25) is 0 Å². The zero-order valence-corrected chi connectivity index (χ0v) is 12.9. The fraction of sp³-hybridized carbons (Fsp3) is 0.375. The van der Waals surface area contributed by atoms with Gasteiger partial charge in [-0.25, -0.2) is 0 Å². The molecule has 2 N–H and O–H groups in total. The number of nitrogens with zero attached hydrogens (tertiary/aromatic N) is 3. The van der Waals surface area contributed by atoms with Gasteiger partial charge >= 0.3 is 0 Å². The molecule has 6 nitrogen and oxygen atoms in total. The van der Waals surface area contributed by atoms with E-state index < -0.39 is 5.91 Å². The van der Waals surface area contributed by atoms with Crippen molar-refractivity contribution in [3.8, 4) is 0 Å². The largest absolute Gasteiger partial charge is 0.330 e. The van der Waals surface area contributed by atoms with Crippen LogP contribution in [0.3, 0.4) is 0 Å². The Kier molecular flexibility index (Phi) is 7.70. The first-order chi connectivity index (χ1) is 10.6. The standard InChI is InChI=1S/C16H22N4O2/c1-13(2)16(22)20(15(21)11-7-4-8-12-17)19-18-14-9-5-3-6-10-14/h3,5-6,9-10H,1,4,7-8,11-12,17H2,2H3. The van der Waals surface area contributed by atoms with Crippen molar-refractivity contribution in [2.75, 3.05) is 6.54 Å². The molecule has 1 rings (SSSR count). The van der Waals surface area contributed by atoms with Gasteiger partial charge in [0.25, 0.3) is 11.8 Å². The van der Waals surface area contributed by atoms with Crippen LogP contribution in [0, 0.1) is 0 Å². The molecular weight excluding hydrogens is 280 g/mol. The van der Waals surface area contributed by atoms with Crippen LogP contribution in [-0.2, 0) is 9.59 Å². The van der Waals surface area contributed by atoms with Crippen LogP contribution in [0.15, 0.2) is 52.8 Å². The first kappa shape index (κ1) is 17.7. The fourth-order valence-corrected chi connectivity index (χ4v) is 1.68. The average Bonchev–Trinajstić information content (AvgIpc) is 2.52. The number of hydrogen-bond donors (Lipinski definition) is 1. The highest BCUT2D eigenvalue weighted by molar-refractivity contribution is 6.03. The molecule has 0 saturated carbocycles. The van der Waals surface area contributed by atoms with Crippen LogP contribution in [0.1, 0.15) is 32.6 Å². The van der Waals surface area contributed by atoms with E-state index in [0.29, 0.717) is 18.7 Å². The summed E-state index contributed by atoms with van der Waals surface area (Å²) in [7, 11) is 0. The lowest BCUT2D eigenvalue weighted by Gasteiger charge is -2.13. The average molecular weight is 302 g/mol. The number of amides is 2. The molecule has 0 unspecified atom stereocenters. The molecule has 0 bridgehead atoms. The molecule has 0 radical (unpaired) electrons. The minimum atomic E-state index is -0.538. The van der Waals surface area contributed by atoms with Crippen LogP contribution >= 0.6 is 0 Å². The van der Waals surface area contributed by atoms with Gasteiger partial charge in [-0.3, -0.25) is 9.59 Å². The summed E-state index contributed by atoms with van der Waals surface area (Å²) in [4.78, 5) is 24.2. The zero-order valence-electron chi connectivity index (χ0n) is 12.9. The quantitative estimate of drug-likeness (QED) is 0.346. The molecule has 1 aromatic rings. The molecule has 0 atom stereocenters. The number of carbonyl (C=O) groups is 2. The van der Waals surface area contributed by atoms with Gasteiger partial charge in [0, 0.05) is 12.0 Å². The highest BCUT2D eigenvalue weighted by atomic mass is 16.2. The Morgan fingerprint density at radius 2 is 1.86 bits per heavy atom. The van der Waals surface area contributed by atoms with E-state index in [9.17, 15) is 9.59 Å². The van der Waals surface area contributed by atoms with Crippen LogP contribution < -0.4 is 5.73 Å². The number of unbranched alkanes of at least 4 members (excludes halogenated alkanes) is 2. The molecule has 0 spiro atoms. The molecule has 0 aliphatic heterocycles. The predicted molar refractivity (Wildman–Crippen MR) is 85.1 cm³/mol. The molecular formula is C16H22N4O2. The van der Waals surface area contributed by atoms with Gasteiger partial charge in [-0.1, -0.05) is 36.4 Å². The number of hydrogen-bond acceptors (Lipinski definition) is 5. The van der Waals surface area contributed by atoms with Gasteiger partial charge in [-0.2, -0.15) is 0 Å². The Labute approximate surface area is 130 Å². The maximum Gasteiger partial charge on any atom is 0.277 e. The second-order valence-electron chi connectivity index (χ2n) is 4.92. The lowest BCUT2D eigenvalue weighted by atomic mass is 10.2. The Morgan fingerprint density at radius 3 is 2.45 bits per heavy atom. The molecule has 2 amide bonds. The second-order valence-corrected chi connectivity index (χ2v) is 4.92. The summed E-state index contributed by atoms with van der Waals surface area (Å²) in [5.74, 6) is -0.923. The molecule has 0 heterocycles. The third-order valence-electron chi connectivity index (χ3n) is 2.89. The maximum absolute atomic E-state index is 12.2. The predicted octanol–water partition coefficient (Wildman–Crippen LogP) is 3.14. The monoisotopic (exact) mass is 302 g/mol. The molecule has 1 aromatic carbocycles. The Bertz CT molecular complexity index is 540. The maximum atomic E-state index is 12.2. The van der Waals surface area contributed by atoms with Gasteiger partial charge in [-0.15, -0.1) is 10.1 Å². The van der Waals surface area contributed by atoms with Crippen molar-refractivity contribution in [1.29, 1.82) is 0 Å². The van der Waals surface area contributed by atoms with Gasteiger partial charge in [0.05, 0.1) is 5.69 Å². The molecule has 0 fully saturated rings. The smallest absolute Gasteiger partial charge is 0.277 e. The number of carbonyl (C=O) groups excluding carboxylic acids is 2. The van der Waals surface area contributed by atoms with Gasteiger partial charge < -0.3 is 5.73 Å². The third kappa shape index (κ3) is 5.97. The summed E-state index contributed by atoms with van der Waals surface area (Å²) >= 11 is 0. The highest BCUT2D eigenvalue weighted by Gasteiger charge is 2.21. The lowest BCUT2D eigenvalue weighted by molar-refractivity contribution is -0.143. The Morgan fingerprint density at radius 1 is 1.18 bits per heavy atom. The lowest BCUT2D eigenvalue weighted by Crippen LogP contribution is -2.32. The number of benzene rings is 1. The molecule has 6 heteroatoms. The van der Waals surface area contributed by atoms with E-state index in [0.717, 1.165) is 17.9 Å². The van der Waals surface area contributed by atoms with E-state index in [-0.39, 0.29) is 17.9 Å². The van der Waals surface area contributed by atoms with Gasteiger partial charge in [-0.05, 0) is 38.4 Å². The summed E-state index contributed by atoms with van der Waals surface area (Å²) in [5, 5.41) is 8.50. The molecule has 118 valence electrons. The van der Waals surface area contributed by atoms with E-state index in [1.165, 1.54) is 6.92 Å². The van der Waals surface area contributed by atoms with E-state index in [4.69, 9.17) is 5.73 Å². The first-order valence-electron chi connectivity index (χ1n) is 7.26. The summed E-state index contributed by atoms with van der Waals surface area (Å²) < 4.78 is 0. The van der Waals surface area contributed by atoms with Crippen molar-refractivity contribution >= 4 is 17.5 Å². The van der Waals surface area contributed by atoms with Crippen molar-refractivity contribution in [3.63, 3.8) is 0 Å². The van der Waals surface area contributed by atoms with Crippen molar-refractivity contribution < 1.29 is 9.59 Å². The van der Waals surface area contributed by atoms with Crippen molar-refractivity contribution in [2.45, 2.75) is 32.6 Å². The van der Waals surface area contributed by atoms with Crippen LogP contribution in [0.5, 0.6) is 0 Å². The highest BCUT2D eigenvalue weighted by Crippen LogP contribution is 2.13.